The number of anilines is 1. The normalized spacial score (nSPS) is 14.8. The highest BCUT2D eigenvalue weighted by atomic mass is 19.4. The Hall–Kier alpha value is -5.77. The fraction of sp³-hybridized carbons (Fsp3) is 0.237. The van der Waals surface area contributed by atoms with Gasteiger partial charge in [0, 0.05) is 31.9 Å². The van der Waals surface area contributed by atoms with Crippen LogP contribution in [0.25, 0.3) is 21.9 Å². The fourth-order valence-electron chi connectivity index (χ4n) is 6.22. The van der Waals surface area contributed by atoms with E-state index in [2.05, 4.69) is 0 Å². The average molecular weight is 762 g/mol. The standard InChI is InChI=1S/C20H16F3NO3.C18H15F5N2O2/c1-24-11-10-16(20(21,22)23)18(19(24)27)15-7-3-5-13-12(8-9-17(25)26)4-2-6-14(13)15;19-13-7-12(8-14(20)16(13)17(24)26)25-5-6-27-9-15(25)10-1-3-11(4-2-10)18(21,22)23/h2-7,10-11H,8-9H2,1H3,(H,25,26);1-4,7-8,15H,5-6,9H2,(H2,24,26). The summed E-state index contributed by atoms with van der Waals surface area (Å²) < 4.78 is 113. The highest BCUT2D eigenvalue weighted by molar-refractivity contribution is 5.99. The molecule has 16 heteroatoms. The lowest BCUT2D eigenvalue weighted by Crippen LogP contribution is -2.39. The number of primary amides is 1. The molecule has 1 saturated heterocycles. The van der Waals surface area contributed by atoms with Crippen LogP contribution >= 0.6 is 0 Å². The number of aromatic nitrogens is 1. The van der Waals surface area contributed by atoms with E-state index in [1.165, 1.54) is 25.2 Å². The summed E-state index contributed by atoms with van der Waals surface area (Å²) in [5.74, 6) is -4.39. The number of carboxylic acid groups (broad SMARTS) is 1. The zero-order valence-electron chi connectivity index (χ0n) is 28.3. The van der Waals surface area contributed by atoms with Crippen molar-refractivity contribution in [3.8, 4) is 11.1 Å². The largest absolute Gasteiger partial charge is 0.481 e. The van der Waals surface area contributed by atoms with Crippen LogP contribution in [0.4, 0.5) is 40.8 Å². The zero-order chi connectivity index (χ0) is 39.5. The molecule has 4 aromatic carbocycles. The smallest absolute Gasteiger partial charge is 0.417 e. The maximum Gasteiger partial charge on any atom is 0.417 e. The number of nitrogens with two attached hydrogens (primary N) is 1. The van der Waals surface area contributed by atoms with E-state index in [-0.39, 0.29) is 43.9 Å². The molecule has 0 aliphatic carbocycles. The SMILES string of the molecule is Cn1ccc(C(F)(F)F)c(-c2cccc3c(CCC(=O)O)cccc23)c1=O.NC(=O)c1c(F)cc(N2CCOCC2c2ccc(C(F)(F)F)cc2)cc1F. The third-order valence-electron chi connectivity index (χ3n) is 8.82. The zero-order valence-corrected chi connectivity index (χ0v) is 28.3. The first-order chi connectivity index (χ1) is 25.4. The lowest BCUT2D eigenvalue weighted by molar-refractivity contribution is -0.138. The van der Waals surface area contributed by atoms with Crippen molar-refractivity contribution in [3.05, 3.63) is 135 Å². The Labute approximate surface area is 302 Å². The van der Waals surface area contributed by atoms with E-state index in [9.17, 15) is 49.5 Å². The van der Waals surface area contributed by atoms with Crippen LogP contribution in [0.15, 0.2) is 89.9 Å². The second-order valence-electron chi connectivity index (χ2n) is 12.3. The van der Waals surface area contributed by atoms with Crippen molar-refractivity contribution in [1.82, 2.24) is 4.57 Å². The van der Waals surface area contributed by atoms with Gasteiger partial charge in [-0.2, -0.15) is 26.3 Å². The summed E-state index contributed by atoms with van der Waals surface area (Å²) in [6.45, 7) is 0.671. The van der Waals surface area contributed by atoms with Crippen LogP contribution < -0.4 is 16.2 Å². The molecule has 0 radical (unpaired) electrons. The minimum absolute atomic E-state index is 0.0930. The van der Waals surface area contributed by atoms with Gasteiger partial charge < -0.3 is 25.0 Å². The Balaban J connectivity index is 0.000000208. The number of fused-ring (bicyclic) bond motifs is 1. The molecule has 1 aliphatic rings. The molecule has 1 atom stereocenters. The number of carbonyl (C=O) groups is 2. The van der Waals surface area contributed by atoms with Crippen LogP contribution in [0, 0.1) is 11.6 Å². The minimum atomic E-state index is -4.67. The number of carbonyl (C=O) groups excluding carboxylic acids is 1. The molecule has 1 fully saturated rings. The number of rotatable bonds is 7. The topological polar surface area (TPSA) is 115 Å². The number of ether oxygens (including phenoxy) is 1. The van der Waals surface area contributed by atoms with Gasteiger partial charge in [0.2, 0.25) is 0 Å². The Morgan fingerprint density at radius 3 is 2.11 bits per heavy atom. The number of aryl methyl sites for hydroxylation is 2. The molecule has 0 saturated carbocycles. The lowest BCUT2D eigenvalue weighted by atomic mass is 9.92. The van der Waals surface area contributed by atoms with Crippen molar-refractivity contribution in [2.24, 2.45) is 12.8 Å². The van der Waals surface area contributed by atoms with Crippen molar-refractivity contribution in [1.29, 1.82) is 0 Å². The second-order valence-corrected chi connectivity index (χ2v) is 12.3. The summed E-state index contributed by atoms with van der Waals surface area (Å²) >= 11 is 0. The molecule has 0 spiro atoms. The van der Waals surface area contributed by atoms with Gasteiger partial charge in [-0.3, -0.25) is 14.4 Å². The van der Waals surface area contributed by atoms with Crippen LogP contribution in [0.1, 0.15) is 45.1 Å². The van der Waals surface area contributed by atoms with Gasteiger partial charge in [-0.25, -0.2) is 8.78 Å². The van der Waals surface area contributed by atoms with Gasteiger partial charge in [0.1, 0.15) is 17.2 Å². The third kappa shape index (κ3) is 8.54. The molecule has 1 aliphatic heterocycles. The Morgan fingerprint density at radius 2 is 1.52 bits per heavy atom. The molecule has 5 aromatic rings. The van der Waals surface area contributed by atoms with Crippen molar-refractivity contribution >= 4 is 28.3 Å². The predicted molar refractivity (Wildman–Crippen MR) is 183 cm³/mol. The summed E-state index contributed by atoms with van der Waals surface area (Å²) in [4.78, 5) is 36.2. The van der Waals surface area contributed by atoms with Gasteiger partial charge in [-0.15, -0.1) is 0 Å². The van der Waals surface area contributed by atoms with Gasteiger partial charge >= 0.3 is 18.3 Å². The maximum absolute atomic E-state index is 14.1. The van der Waals surface area contributed by atoms with E-state index in [1.54, 1.807) is 35.2 Å². The van der Waals surface area contributed by atoms with E-state index in [4.69, 9.17) is 15.6 Å². The van der Waals surface area contributed by atoms with E-state index in [1.807, 2.05) is 0 Å². The van der Waals surface area contributed by atoms with E-state index >= 15 is 0 Å². The monoisotopic (exact) mass is 761 g/mol. The molecule has 0 bridgehead atoms. The Morgan fingerprint density at radius 1 is 0.889 bits per heavy atom. The molecule has 1 aromatic heterocycles. The molecule has 54 heavy (non-hydrogen) atoms. The van der Waals surface area contributed by atoms with E-state index in [0.29, 0.717) is 21.9 Å². The Kier molecular flexibility index (Phi) is 11.5. The first-order valence-corrected chi connectivity index (χ1v) is 16.2. The molecule has 3 N–H and O–H groups in total. The number of carboxylic acids is 1. The van der Waals surface area contributed by atoms with Crippen LogP contribution in [-0.4, -0.2) is 41.3 Å². The molecule has 6 rings (SSSR count). The van der Waals surface area contributed by atoms with Gasteiger partial charge in [0.05, 0.1) is 35.9 Å². The molecular formula is C38H31F8N3O5. The van der Waals surface area contributed by atoms with Crippen LogP contribution in [-0.2, 0) is 35.4 Å². The summed E-state index contributed by atoms with van der Waals surface area (Å²) in [6.07, 6.45) is -7.89. The number of benzene rings is 4. The van der Waals surface area contributed by atoms with Crippen molar-refractivity contribution in [2.75, 3.05) is 24.7 Å². The van der Waals surface area contributed by atoms with Gasteiger partial charge in [0.15, 0.2) is 0 Å². The first-order valence-electron chi connectivity index (χ1n) is 16.2. The molecule has 8 nitrogen and oxygen atoms in total. The lowest BCUT2D eigenvalue weighted by Gasteiger charge is -2.38. The minimum Gasteiger partial charge on any atom is -0.481 e. The van der Waals surface area contributed by atoms with Crippen molar-refractivity contribution in [2.45, 2.75) is 31.2 Å². The predicted octanol–water partition coefficient (Wildman–Crippen LogP) is 7.90. The number of morpholine rings is 1. The van der Waals surface area contributed by atoms with Gasteiger partial charge in [-0.1, -0.05) is 48.5 Å². The average Bonchev–Trinajstić information content (AvgIpc) is 3.10. The number of pyridine rings is 1. The fourth-order valence-corrected chi connectivity index (χ4v) is 6.22. The molecule has 284 valence electrons. The van der Waals surface area contributed by atoms with Crippen molar-refractivity contribution < 1.29 is 54.6 Å². The first kappa shape index (κ1) is 39.4. The van der Waals surface area contributed by atoms with Crippen LogP contribution in [0.2, 0.25) is 0 Å². The van der Waals surface area contributed by atoms with E-state index < -0.39 is 69.7 Å². The highest BCUT2D eigenvalue weighted by Crippen LogP contribution is 2.39. The molecule has 2 heterocycles. The number of alkyl halides is 6. The number of hydrogen-bond acceptors (Lipinski definition) is 5. The number of aliphatic carboxylic acids is 1. The summed E-state index contributed by atoms with van der Waals surface area (Å²) in [5, 5.41) is 10.0. The quantitative estimate of drug-likeness (QED) is 0.163. The number of amides is 1. The molecular weight excluding hydrogens is 730 g/mol. The highest BCUT2D eigenvalue weighted by Gasteiger charge is 2.36. The van der Waals surface area contributed by atoms with Gasteiger partial charge in [-0.05, 0) is 64.2 Å². The number of hydrogen-bond donors (Lipinski definition) is 2. The summed E-state index contributed by atoms with van der Waals surface area (Å²) in [6, 6.07) is 16.6. The van der Waals surface area contributed by atoms with Gasteiger partial charge in [0.25, 0.3) is 11.5 Å². The van der Waals surface area contributed by atoms with Crippen LogP contribution in [0.5, 0.6) is 0 Å². The number of nitrogens with zero attached hydrogens (tertiary/aromatic N) is 2. The Bertz CT molecular complexity index is 2230. The summed E-state index contributed by atoms with van der Waals surface area (Å²) in [7, 11) is 1.40. The number of halogens is 8. The molecule has 1 amide bonds. The molecule has 1 unspecified atom stereocenters. The summed E-state index contributed by atoms with van der Waals surface area (Å²) in [5.41, 5.74) is 2.72. The van der Waals surface area contributed by atoms with Crippen LogP contribution in [0.3, 0.4) is 0 Å². The van der Waals surface area contributed by atoms with E-state index in [0.717, 1.165) is 41.1 Å². The second kappa shape index (κ2) is 15.7. The van der Waals surface area contributed by atoms with Crippen molar-refractivity contribution in [3.63, 3.8) is 0 Å². The maximum atomic E-state index is 14.1. The third-order valence-corrected chi connectivity index (χ3v) is 8.82.